The normalized spacial score (nSPS) is 15.6. The standard InChI is InChI=1S/C20H24N4O4S/c25-20(21-14-16-5-4-12-28-16)8-11-23-15-22-18-13-17(6-7-19(18)23)29(26,27)24-9-2-1-3-10-24/h4-7,12-13,15H,1-3,8-11,14H2,(H,21,25). The minimum atomic E-state index is -3.49. The maximum atomic E-state index is 12.9. The third-order valence-corrected chi connectivity index (χ3v) is 7.06. The van der Waals surface area contributed by atoms with Crippen LogP contribution in [0.25, 0.3) is 11.0 Å². The number of amides is 1. The second-order valence-corrected chi connectivity index (χ2v) is 9.10. The van der Waals surface area contributed by atoms with E-state index in [0.29, 0.717) is 43.9 Å². The number of piperidine rings is 1. The molecule has 1 N–H and O–H groups in total. The van der Waals surface area contributed by atoms with Gasteiger partial charge in [-0.15, -0.1) is 0 Å². The number of aromatic nitrogens is 2. The van der Waals surface area contributed by atoms with Gasteiger partial charge in [-0.1, -0.05) is 6.42 Å². The Morgan fingerprint density at radius 3 is 2.76 bits per heavy atom. The summed E-state index contributed by atoms with van der Waals surface area (Å²) in [4.78, 5) is 16.7. The molecule has 3 aromatic rings. The molecular weight excluding hydrogens is 392 g/mol. The SMILES string of the molecule is O=C(CCn1cnc2cc(S(=O)(=O)N3CCCCC3)ccc21)NCc1ccco1. The third kappa shape index (κ3) is 4.35. The first-order chi connectivity index (χ1) is 14.0. The largest absolute Gasteiger partial charge is 0.467 e. The first-order valence-corrected chi connectivity index (χ1v) is 11.2. The molecular formula is C20H24N4O4S. The Morgan fingerprint density at radius 2 is 2.00 bits per heavy atom. The highest BCUT2D eigenvalue weighted by atomic mass is 32.2. The number of imidazole rings is 1. The smallest absolute Gasteiger partial charge is 0.243 e. The minimum absolute atomic E-state index is 0.0902. The summed E-state index contributed by atoms with van der Waals surface area (Å²) in [6.45, 7) is 1.96. The summed E-state index contributed by atoms with van der Waals surface area (Å²) in [5.41, 5.74) is 1.42. The van der Waals surface area contributed by atoms with Crippen LogP contribution in [-0.4, -0.2) is 41.3 Å². The third-order valence-electron chi connectivity index (χ3n) is 5.16. The summed E-state index contributed by atoms with van der Waals surface area (Å²) in [6, 6.07) is 8.59. The molecule has 0 unspecified atom stereocenters. The van der Waals surface area contributed by atoms with Crippen LogP contribution in [0.15, 0.2) is 52.2 Å². The van der Waals surface area contributed by atoms with Crippen molar-refractivity contribution in [3.63, 3.8) is 0 Å². The number of hydrogen-bond acceptors (Lipinski definition) is 5. The van der Waals surface area contributed by atoms with Gasteiger partial charge in [0.2, 0.25) is 15.9 Å². The molecule has 4 rings (SSSR count). The van der Waals surface area contributed by atoms with Crippen LogP contribution in [0.4, 0.5) is 0 Å². The van der Waals surface area contributed by atoms with E-state index in [4.69, 9.17) is 4.42 Å². The number of nitrogens with zero attached hydrogens (tertiary/aromatic N) is 3. The van der Waals surface area contributed by atoms with Crippen molar-refractivity contribution in [2.24, 2.45) is 0 Å². The van der Waals surface area contributed by atoms with E-state index in [9.17, 15) is 13.2 Å². The predicted octanol–water partition coefficient (Wildman–Crippen LogP) is 2.51. The average Bonchev–Trinajstić information content (AvgIpc) is 3.40. The Morgan fingerprint density at radius 1 is 1.17 bits per heavy atom. The summed E-state index contributed by atoms with van der Waals surface area (Å²) in [7, 11) is -3.49. The van der Waals surface area contributed by atoms with Crippen LogP contribution in [-0.2, 0) is 27.9 Å². The molecule has 29 heavy (non-hydrogen) atoms. The van der Waals surface area contributed by atoms with Gasteiger partial charge in [0.25, 0.3) is 0 Å². The van der Waals surface area contributed by atoms with Gasteiger partial charge in [-0.05, 0) is 43.2 Å². The Kier molecular flexibility index (Phi) is 5.68. The van der Waals surface area contributed by atoms with Crippen LogP contribution in [0.1, 0.15) is 31.4 Å². The van der Waals surface area contributed by atoms with Gasteiger partial charge in [0.05, 0.1) is 35.1 Å². The monoisotopic (exact) mass is 416 g/mol. The topological polar surface area (TPSA) is 97.4 Å². The first-order valence-electron chi connectivity index (χ1n) is 9.78. The fraction of sp³-hybridized carbons (Fsp3) is 0.400. The van der Waals surface area contributed by atoms with Gasteiger partial charge in [0, 0.05) is 26.1 Å². The number of benzene rings is 1. The van der Waals surface area contributed by atoms with E-state index in [1.165, 1.54) is 0 Å². The highest BCUT2D eigenvalue weighted by Gasteiger charge is 2.26. The van der Waals surface area contributed by atoms with Crippen molar-refractivity contribution in [2.45, 2.75) is 43.7 Å². The number of carbonyl (C=O) groups excluding carboxylic acids is 1. The van der Waals surface area contributed by atoms with Crippen LogP contribution in [0.5, 0.6) is 0 Å². The minimum Gasteiger partial charge on any atom is -0.467 e. The Balaban J connectivity index is 1.42. The van der Waals surface area contributed by atoms with Crippen molar-refractivity contribution in [1.29, 1.82) is 0 Å². The van der Waals surface area contributed by atoms with Crippen molar-refractivity contribution in [2.75, 3.05) is 13.1 Å². The van der Waals surface area contributed by atoms with Crippen molar-refractivity contribution in [3.05, 3.63) is 48.7 Å². The fourth-order valence-electron chi connectivity index (χ4n) is 3.55. The van der Waals surface area contributed by atoms with Crippen LogP contribution < -0.4 is 5.32 Å². The van der Waals surface area contributed by atoms with E-state index in [0.717, 1.165) is 24.8 Å². The fourth-order valence-corrected chi connectivity index (χ4v) is 5.08. The second kappa shape index (κ2) is 8.38. The Bertz CT molecular complexity index is 1080. The molecule has 8 nitrogen and oxygen atoms in total. The molecule has 3 heterocycles. The molecule has 1 saturated heterocycles. The summed E-state index contributed by atoms with van der Waals surface area (Å²) >= 11 is 0. The lowest BCUT2D eigenvalue weighted by Gasteiger charge is -2.25. The second-order valence-electron chi connectivity index (χ2n) is 7.16. The van der Waals surface area contributed by atoms with Crippen molar-refractivity contribution in [3.8, 4) is 0 Å². The number of sulfonamides is 1. The lowest BCUT2D eigenvalue weighted by atomic mass is 10.2. The highest BCUT2D eigenvalue weighted by molar-refractivity contribution is 7.89. The van der Waals surface area contributed by atoms with E-state index < -0.39 is 10.0 Å². The first kappa shape index (κ1) is 19.7. The van der Waals surface area contributed by atoms with Gasteiger partial charge in [-0.2, -0.15) is 4.31 Å². The molecule has 1 aromatic carbocycles. The quantitative estimate of drug-likeness (QED) is 0.638. The van der Waals surface area contributed by atoms with Crippen molar-refractivity contribution >= 4 is 27.0 Å². The molecule has 9 heteroatoms. The summed E-state index contributed by atoms with van der Waals surface area (Å²) in [5, 5.41) is 2.81. The van der Waals surface area contributed by atoms with Gasteiger partial charge in [0.15, 0.2) is 0 Å². The number of carbonyl (C=O) groups is 1. The molecule has 1 fully saturated rings. The van der Waals surface area contributed by atoms with Gasteiger partial charge >= 0.3 is 0 Å². The molecule has 0 spiro atoms. The van der Waals surface area contributed by atoms with Crippen molar-refractivity contribution < 1.29 is 17.6 Å². The summed E-state index contributed by atoms with van der Waals surface area (Å²) < 4.78 is 34.3. The number of aryl methyl sites for hydroxylation is 1. The number of nitrogens with one attached hydrogen (secondary N) is 1. The molecule has 0 atom stereocenters. The lowest BCUT2D eigenvalue weighted by Crippen LogP contribution is -2.35. The van der Waals surface area contributed by atoms with Gasteiger partial charge in [-0.25, -0.2) is 13.4 Å². The molecule has 2 aromatic heterocycles. The maximum absolute atomic E-state index is 12.9. The zero-order valence-corrected chi connectivity index (χ0v) is 16.9. The Hall–Kier alpha value is -2.65. The summed E-state index contributed by atoms with van der Waals surface area (Å²) in [5.74, 6) is 0.612. The molecule has 0 radical (unpaired) electrons. The summed E-state index contributed by atoms with van der Waals surface area (Å²) in [6.07, 6.45) is 6.38. The van der Waals surface area contributed by atoms with Crippen LogP contribution in [0.3, 0.4) is 0 Å². The zero-order valence-electron chi connectivity index (χ0n) is 16.1. The number of hydrogen-bond donors (Lipinski definition) is 1. The lowest BCUT2D eigenvalue weighted by molar-refractivity contribution is -0.121. The molecule has 1 aliphatic heterocycles. The van der Waals surface area contributed by atoms with Crippen LogP contribution in [0.2, 0.25) is 0 Å². The predicted molar refractivity (Wildman–Crippen MR) is 108 cm³/mol. The van der Waals surface area contributed by atoms with Crippen LogP contribution in [0, 0.1) is 0 Å². The zero-order chi connectivity index (χ0) is 20.3. The Labute approximate surface area is 169 Å². The van der Waals surface area contributed by atoms with Crippen molar-refractivity contribution in [1.82, 2.24) is 19.2 Å². The van der Waals surface area contributed by atoms with E-state index in [1.807, 2.05) is 4.57 Å². The number of furan rings is 1. The van der Waals surface area contributed by atoms with Crippen LogP contribution >= 0.6 is 0 Å². The van der Waals surface area contributed by atoms with E-state index in [1.54, 1.807) is 47.2 Å². The average molecular weight is 417 g/mol. The highest BCUT2D eigenvalue weighted by Crippen LogP contribution is 2.24. The van der Waals surface area contributed by atoms with Gasteiger partial charge in [0.1, 0.15) is 5.76 Å². The molecule has 1 aliphatic rings. The van der Waals surface area contributed by atoms with Gasteiger partial charge < -0.3 is 14.3 Å². The number of fused-ring (bicyclic) bond motifs is 1. The molecule has 1 amide bonds. The molecule has 0 bridgehead atoms. The van der Waals surface area contributed by atoms with E-state index in [-0.39, 0.29) is 10.8 Å². The van der Waals surface area contributed by atoms with E-state index in [2.05, 4.69) is 10.3 Å². The van der Waals surface area contributed by atoms with E-state index >= 15 is 0 Å². The van der Waals surface area contributed by atoms with Gasteiger partial charge in [-0.3, -0.25) is 4.79 Å². The number of rotatable bonds is 7. The molecule has 0 saturated carbocycles. The molecule has 0 aliphatic carbocycles. The maximum Gasteiger partial charge on any atom is 0.243 e. The molecule has 154 valence electrons.